The van der Waals surface area contributed by atoms with Crippen LogP contribution in [-0.2, 0) is 10.5 Å². The van der Waals surface area contributed by atoms with Gasteiger partial charge in [0.1, 0.15) is 5.75 Å². The highest BCUT2D eigenvalue weighted by Gasteiger charge is 2.09. The number of carbonyl (C=O) groups is 2. The summed E-state index contributed by atoms with van der Waals surface area (Å²) in [6.45, 7) is 6.03. The zero-order valence-electron chi connectivity index (χ0n) is 14.8. The van der Waals surface area contributed by atoms with Gasteiger partial charge in [0.05, 0.1) is 12.4 Å². The fraction of sp³-hybridized carbons (Fsp3) is 0.300. The molecule has 0 atom stereocenters. The van der Waals surface area contributed by atoms with Gasteiger partial charge < -0.3 is 10.1 Å². The van der Waals surface area contributed by atoms with E-state index in [1.54, 1.807) is 13.0 Å². The number of ether oxygens (including phenoxy) is 1. The first-order valence-electron chi connectivity index (χ1n) is 8.20. The molecule has 0 aliphatic carbocycles. The number of hydrogen-bond acceptors (Lipinski definition) is 4. The van der Waals surface area contributed by atoms with Gasteiger partial charge in [-0.3, -0.25) is 9.59 Å². The number of aryl methyl sites for hydroxylation is 1. The molecule has 0 heterocycles. The van der Waals surface area contributed by atoms with Crippen LogP contribution in [-0.4, -0.2) is 24.1 Å². The molecule has 1 N–H and O–H groups in total. The molecule has 0 aromatic heterocycles. The van der Waals surface area contributed by atoms with Crippen molar-refractivity contribution < 1.29 is 14.3 Å². The molecule has 0 unspecified atom stereocenters. The molecule has 2 aromatic carbocycles. The van der Waals surface area contributed by atoms with E-state index < -0.39 is 0 Å². The van der Waals surface area contributed by atoms with Crippen LogP contribution in [0.1, 0.15) is 35.3 Å². The number of nitrogens with one attached hydrogen (secondary N) is 1. The summed E-state index contributed by atoms with van der Waals surface area (Å²) in [7, 11) is 0. The minimum absolute atomic E-state index is 0.0198. The van der Waals surface area contributed by atoms with Crippen molar-refractivity contribution in [3.05, 3.63) is 59.2 Å². The van der Waals surface area contributed by atoms with Crippen LogP contribution < -0.4 is 10.1 Å². The second-order valence-corrected chi connectivity index (χ2v) is 6.70. The molecule has 0 saturated heterocycles. The van der Waals surface area contributed by atoms with Gasteiger partial charge in [0.25, 0.3) is 0 Å². The first kappa shape index (κ1) is 19.1. The third-order valence-electron chi connectivity index (χ3n) is 3.59. The van der Waals surface area contributed by atoms with Gasteiger partial charge in [-0.2, -0.15) is 0 Å². The van der Waals surface area contributed by atoms with E-state index in [0.29, 0.717) is 23.7 Å². The van der Waals surface area contributed by atoms with Crippen molar-refractivity contribution in [2.24, 2.45) is 0 Å². The van der Waals surface area contributed by atoms with E-state index in [1.165, 1.54) is 11.8 Å². The Morgan fingerprint density at radius 1 is 1.12 bits per heavy atom. The monoisotopic (exact) mass is 357 g/mol. The summed E-state index contributed by atoms with van der Waals surface area (Å²) in [6, 6.07) is 13.1. The van der Waals surface area contributed by atoms with Crippen LogP contribution in [0.25, 0.3) is 0 Å². The lowest BCUT2D eigenvalue weighted by atomic mass is 10.1. The molecule has 1 amide bonds. The lowest BCUT2D eigenvalue weighted by molar-refractivity contribution is -0.113. The normalized spacial score (nSPS) is 10.4. The van der Waals surface area contributed by atoms with Gasteiger partial charge in [-0.05, 0) is 51.1 Å². The molecule has 0 bridgehead atoms. The van der Waals surface area contributed by atoms with E-state index in [1.807, 2.05) is 50.2 Å². The van der Waals surface area contributed by atoms with Crippen molar-refractivity contribution in [2.75, 3.05) is 17.7 Å². The highest BCUT2D eigenvalue weighted by Crippen LogP contribution is 2.25. The van der Waals surface area contributed by atoms with Crippen LogP contribution in [0, 0.1) is 6.92 Å². The molecule has 2 aromatic rings. The van der Waals surface area contributed by atoms with Crippen LogP contribution in [0.4, 0.5) is 5.69 Å². The number of rotatable bonds is 8. The molecule has 0 aliphatic heterocycles. The molecule has 4 nitrogen and oxygen atoms in total. The quantitative estimate of drug-likeness (QED) is 0.708. The van der Waals surface area contributed by atoms with Gasteiger partial charge in [0.2, 0.25) is 5.91 Å². The summed E-state index contributed by atoms with van der Waals surface area (Å²) in [5.41, 5.74) is 3.54. The molecule has 0 radical (unpaired) electrons. The number of benzene rings is 2. The van der Waals surface area contributed by atoms with Crippen LogP contribution in [0.5, 0.6) is 5.75 Å². The molecule has 0 fully saturated rings. The summed E-state index contributed by atoms with van der Waals surface area (Å²) in [5.74, 6) is 1.68. The van der Waals surface area contributed by atoms with Crippen molar-refractivity contribution >= 4 is 29.1 Å². The Bertz CT molecular complexity index is 741. The van der Waals surface area contributed by atoms with E-state index in [2.05, 4.69) is 5.32 Å². The number of carbonyl (C=O) groups excluding carboxylic acids is 2. The van der Waals surface area contributed by atoms with E-state index in [-0.39, 0.29) is 11.7 Å². The first-order valence-corrected chi connectivity index (χ1v) is 9.36. The molecule has 132 valence electrons. The lowest BCUT2D eigenvalue weighted by Crippen LogP contribution is -2.14. The highest BCUT2D eigenvalue weighted by atomic mass is 32.2. The molecule has 25 heavy (non-hydrogen) atoms. The summed E-state index contributed by atoms with van der Waals surface area (Å²) >= 11 is 1.49. The fourth-order valence-corrected chi connectivity index (χ4v) is 3.10. The van der Waals surface area contributed by atoms with Gasteiger partial charge in [-0.25, -0.2) is 0 Å². The van der Waals surface area contributed by atoms with Crippen LogP contribution in [0.15, 0.2) is 42.5 Å². The molecule has 0 saturated carbocycles. The van der Waals surface area contributed by atoms with Crippen LogP contribution >= 0.6 is 11.8 Å². The second kappa shape index (κ2) is 9.28. The van der Waals surface area contributed by atoms with Crippen LogP contribution in [0.3, 0.4) is 0 Å². The predicted octanol–water partition coefficient (Wildman–Crippen LogP) is 4.47. The smallest absolute Gasteiger partial charge is 0.234 e. The van der Waals surface area contributed by atoms with Crippen molar-refractivity contribution in [1.82, 2.24) is 0 Å². The van der Waals surface area contributed by atoms with Crippen molar-refractivity contribution in [3.63, 3.8) is 0 Å². The number of thioether (sulfide) groups is 1. The van der Waals surface area contributed by atoms with E-state index in [4.69, 9.17) is 4.74 Å². The largest absolute Gasteiger partial charge is 0.494 e. The maximum absolute atomic E-state index is 12.1. The van der Waals surface area contributed by atoms with Gasteiger partial charge in [-0.1, -0.05) is 17.7 Å². The zero-order valence-corrected chi connectivity index (χ0v) is 15.6. The Hall–Kier alpha value is -2.27. The highest BCUT2D eigenvalue weighted by molar-refractivity contribution is 7.99. The maximum Gasteiger partial charge on any atom is 0.234 e. The molecular formula is C20H23NO3S. The summed E-state index contributed by atoms with van der Waals surface area (Å²) < 4.78 is 5.61. The summed E-state index contributed by atoms with van der Waals surface area (Å²) in [4.78, 5) is 23.6. The van der Waals surface area contributed by atoms with Crippen molar-refractivity contribution in [3.8, 4) is 5.75 Å². The average Bonchev–Trinajstić information content (AvgIpc) is 2.58. The van der Waals surface area contributed by atoms with Gasteiger partial charge in [0.15, 0.2) is 5.78 Å². The van der Waals surface area contributed by atoms with Crippen molar-refractivity contribution in [2.45, 2.75) is 26.5 Å². The fourth-order valence-electron chi connectivity index (χ4n) is 2.30. The summed E-state index contributed by atoms with van der Waals surface area (Å²) in [6.07, 6.45) is 0. The van der Waals surface area contributed by atoms with E-state index in [0.717, 1.165) is 22.6 Å². The molecule has 2 rings (SSSR count). The Morgan fingerprint density at radius 3 is 2.48 bits per heavy atom. The Kier molecular flexibility index (Phi) is 7.07. The average molecular weight is 357 g/mol. The van der Waals surface area contributed by atoms with E-state index in [9.17, 15) is 9.59 Å². The minimum atomic E-state index is -0.0467. The summed E-state index contributed by atoms with van der Waals surface area (Å²) in [5, 5.41) is 2.88. The van der Waals surface area contributed by atoms with Crippen molar-refractivity contribution in [1.29, 1.82) is 0 Å². The standard InChI is InChI=1S/C20H23NO3S/c1-4-24-19-10-7-16(15(3)22)11-17(19)12-25-13-20(23)21-18-8-5-14(2)6-9-18/h5-11H,4,12-13H2,1-3H3,(H,21,23). The first-order chi connectivity index (χ1) is 12.0. The number of hydrogen-bond donors (Lipinski definition) is 1. The number of amides is 1. The topological polar surface area (TPSA) is 55.4 Å². The van der Waals surface area contributed by atoms with E-state index >= 15 is 0 Å². The maximum atomic E-state index is 12.1. The Morgan fingerprint density at radius 2 is 1.84 bits per heavy atom. The molecule has 0 aliphatic rings. The molecule has 5 heteroatoms. The van der Waals surface area contributed by atoms with Crippen LogP contribution in [0.2, 0.25) is 0 Å². The molecule has 0 spiro atoms. The Balaban J connectivity index is 1.93. The molecular weight excluding hydrogens is 334 g/mol. The van der Waals surface area contributed by atoms with Gasteiger partial charge >= 0.3 is 0 Å². The second-order valence-electron chi connectivity index (χ2n) is 5.72. The predicted molar refractivity (Wildman–Crippen MR) is 104 cm³/mol. The lowest BCUT2D eigenvalue weighted by Gasteiger charge is -2.11. The Labute approximate surface area is 153 Å². The zero-order chi connectivity index (χ0) is 18.2. The van der Waals surface area contributed by atoms with Gasteiger partial charge in [0, 0.05) is 22.6 Å². The third-order valence-corrected chi connectivity index (χ3v) is 4.57. The third kappa shape index (κ3) is 5.94. The van der Waals surface area contributed by atoms with Gasteiger partial charge in [-0.15, -0.1) is 11.8 Å². The number of anilines is 1. The number of Topliss-reactive ketones (excluding diaryl/α,β-unsaturated/α-hetero) is 1. The SMILES string of the molecule is CCOc1ccc(C(C)=O)cc1CSCC(=O)Nc1ccc(C)cc1. The minimum Gasteiger partial charge on any atom is -0.494 e. The number of ketones is 1.